The minimum atomic E-state index is -3.01. The lowest BCUT2D eigenvalue weighted by molar-refractivity contribution is -0.384. The van der Waals surface area contributed by atoms with Crippen LogP contribution in [-0.4, -0.2) is 54.9 Å². The number of aliphatic imine (C=N–C) groups is 1. The molecular formula is C27H30N5O5P. The molecule has 1 saturated heterocycles. The molecule has 0 N–H and O–H groups in total. The molecule has 1 aromatic heterocycles. The van der Waals surface area contributed by atoms with Gasteiger partial charge in [0.05, 0.1) is 41.1 Å². The second kappa shape index (κ2) is 9.08. The Labute approximate surface area is 221 Å². The van der Waals surface area contributed by atoms with Gasteiger partial charge in [0.1, 0.15) is 0 Å². The van der Waals surface area contributed by atoms with Crippen molar-refractivity contribution in [2.75, 3.05) is 38.3 Å². The molecule has 10 nitrogen and oxygen atoms in total. The van der Waals surface area contributed by atoms with Crippen LogP contribution >= 0.6 is 7.43 Å². The Morgan fingerprint density at radius 2 is 1.95 bits per heavy atom. The van der Waals surface area contributed by atoms with E-state index in [1.807, 2.05) is 6.07 Å². The van der Waals surface area contributed by atoms with Crippen LogP contribution in [0.3, 0.4) is 0 Å². The Hall–Kier alpha value is -3.46. The van der Waals surface area contributed by atoms with Gasteiger partial charge >= 0.3 is 0 Å². The average Bonchev–Trinajstić information content (AvgIpc) is 3.52. The first-order valence-electron chi connectivity index (χ1n) is 12.6. The fraction of sp³-hybridized carbons (Fsp3) is 0.370. The quantitative estimate of drug-likeness (QED) is 0.239. The zero-order chi connectivity index (χ0) is 26.7. The first kappa shape index (κ1) is 24.9. The summed E-state index contributed by atoms with van der Waals surface area (Å²) in [6, 6.07) is 14.6. The summed E-state index contributed by atoms with van der Waals surface area (Å²) >= 11 is 0. The smallest absolute Gasteiger partial charge is 0.271 e. The molecule has 2 aromatic carbocycles. The van der Waals surface area contributed by atoms with E-state index in [1.54, 1.807) is 24.5 Å². The lowest BCUT2D eigenvalue weighted by Crippen LogP contribution is -2.39. The number of nitro benzene ring substituents is 1. The first-order valence-corrected chi connectivity index (χ1v) is 14.3. The topological polar surface area (TPSA) is 106 Å². The van der Waals surface area contributed by atoms with Crippen LogP contribution in [0.2, 0.25) is 0 Å². The van der Waals surface area contributed by atoms with E-state index in [2.05, 4.69) is 49.5 Å². The van der Waals surface area contributed by atoms with Crippen molar-refractivity contribution < 1.29 is 18.6 Å². The fourth-order valence-corrected chi connectivity index (χ4v) is 8.43. The number of morpholine rings is 1. The van der Waals surface area contributed by atoms with Gasteiger partial charge in [0, 0.05) is 49.4 Å². The molecule has 3 aromatic rings. The van der Waals surface area contributed by atoms with Gasteiger partial charge in [-0.3, -0.25) is 10.1 Å². The van der Waals surface area contributed by atoms with Gasteiger partial charge in [0.15, 0.2) is 5.76 Å². The van der Waals surface area contributed by atoms with Crippen LogP contribution in [0, 0.1) is 10.1 Å². The number of likely N-dealkylation sites (N-methyl/N-ethyl adjacent to an activating group) is 1. The highest BCUT2D eigenvalue weighted by Crippen LogP contribution is 2.61. The third-order valence-corrected chi connectivity index (χ3v) is 11.0. The zero-order valence-corrected chi connectivity index (χ0v) is 22.7. The molecule has 2 atom stereocenters. The molecule has 38 heavy (non-hydrogen) atoms. The van der Waals surface area contributed by atoms with Crippen molar-refractivity contribution in [2.45, 2.75) is 32.2 Å². The van der Waals surface area contributed by atoms with Gasteiger partial charge < -0.3 is 18.6 Å². The van der Waals surface area contributed by atoms with Crippen LogP contribution in [0.4, 0.5) is 22.7 Å². The van der Waals surface area contributed by atoms with Crippen molar-refractivity contribution in [3.8, 4) is 0 Å². The Morgan fingerprint density at radius 1 is 1.16 bits per heavy atom. The van der Waals surface area contributed by atoms with Crippen molar-refractivity contribution in [1.29, 1.82) is 0 Å². The number of non-ortho nitro benzene ring substituents is 1. The van der Waals surface area contributed by atoms with Crippen LogP contribution < -0.4 is 10.2 Å². The summed E-state index contributed by atoms with van der Waals surface area (Å²) in [6.07, 6.45) is 1.59. The predicted molar refractivity (Wildman–Crippen MR) is 147 cm³/mol. The third-order valence-electron chi connectivity index (χ3n) is 7.94. The second-order valence-corrected chi connectivity index (χ2v) is 12.9. The Kier molecular flexibility index (Phi) is 5.94. The van der Waals surface area contributed by atoms with Crippen molar-refractivity contribution in [1.82, 2.24) is 4.67 Å². The molecule has 11 heteroatoms. The molecule has 0 bridgehead atoms. The largest absolute Gasteiger partial charge is 0.459 e. The minimum absolute atomic E-state index is 0.0194. The molecule has 0 spiro atoms. The number of ether oxygens (including phenoxy) is 1. The normalized spacial score (nSPS) is 24.3. The average molecular weight is 536 g/mol. The molecule has 1 fully saturated rings. The molecule has 3 aliphatic rings. The third kappa shape index (κ3) is 3.86. The molecule has 198 valence electrons. The highest BCUT2D eigenvalue weighted by molar-refractivity contribution is 7.68. The molecule has 3 aliphatic heterocycles. The molecule has 4 heterocycles. The fourth-order valence-electron chi connectivity index (χ4n) is 5.41. The van der Waals surface area contributed by atoms with Crippen molar-refractivity contribution in [3.63, 3.8) is 0 Å². The molecule has 0 amide bonds. The van der Waals surface area contributed by atoms with E-state index in [4.69, 9.17) is 23.4 Å². The summed E-state index contributed by atoms with van der Waals surface area (Å²) in [7, 11) is -0.896. The van der Waals surface area contributed by atoms with Gasteiger partial charge in [0.2, 0.25) is 7.43 Å². The number of nitrogens with zero attached hydrogens (tertiary/aromatic N) is 5. The number of benzene rings is 2. The van der Waals surface area contributed by atoms with Crippen molar-refractivity contribution in [3.05, 3.63) is 76.2 Å². The lowest BCUT2D eigenvalue weighted by Gasteiger charge is -2.40. The number of fused-ring (bicyclic) bond motifs is 2. The molecule has 0 saturated carbocycles. The highest BCUT2D eigenvalue weighted by Gasteiger charge is 2.46. The predicted octanol–water partition coefficient (Wildman–Crippen LogP) is 5.73. The van der Waals surface area contributed by atoms with E-state index < -0.39 is 12.4 Å². The van der Waals surface area contributed by atoms with E-state index in [9.17, 15) is 10.1 Å². The first-order chi connectivity index (χ1) is 18.2. The second-order valence-electron chi connectivity index (χ2n) is 10.3. The summed E-state index contributed by atoms with van der Waals surface area (Å²) < 4.78 is 25.7. The summed E-state index contributed by atoms with van der Waals surface area (Å²) in [5.74, 6) is 0.856. The molecule has 0 unspecified atom stereocenters. The Morgan fingerprint density at radius 3 is 2.66 bits per heavy atom. The van der Waals surface area contributed by atoms with Gasteiger partial charge in [-0.1, -0.05) is 19.9 Å². The lowest BCUT2D eigenvalue weighted by atomic mass is 9.81. The maximum atomic E-state index is 11.6. The summed E-state index contributed by atoms with van der Waals surface area (Å²) in [6.45, 7) is 9.01. The van der Waals surface area contributed by atoms with Crippen LogP contribution in [0.1, 0.15) is 32.1 Å². The van der Waals surface area contributed by atoms with Crippen LogP contribution in [0.25, 0.3) is 0 Å². The van der Waals surface area contributed by atoms with Crippen molar-refractivity contribution in [2.24, 2.45) is 9.74 Å². The van der Waals surface area contributed by atoms with Gasteiger partial charge in [0.25, 0.3) is 11.6 Å². The standard InChI is InChI=1S/C27H30N5O5P/c1-18-27(2,3)21-16-25-22(17-23(21)30(18)4)28-26(24-9-6-12-36-24)37-38(25,31-10-13-35-14-11-31)29-19-7-5-8-20(15-19)32(33)34/h5-9,12,15-18H,10-11,13-14H2,1-4H3/t18-,38+/m0/s1. The number of rotatable bonds is 4. The maximum absolute atomic E-state index is 11.6. The Balaban J connectivity index is 1.66. The van der Waals surface area contributed by atoms with Gasteiger partial charge in [-0.2, -0.15) is 0 Å². The summed E-state index contributed by atoms with van der Waals surface area (Å²) in [5, 5.41) is 12.5. The number of anilines is 1. The van der Waals surface area contributed by atoms with Crippen LogP contribution in [0.15, 0.2) is 68.9 Å². The van der Waals surface area contributed by atoms with Gasteiger partial charge in [-0.25, -0.2) is 14.4 Å². The van der Waals surface area contributed by atoms with Gasteiger partial charge in [-0.15, -0.1) is 0 Å². The number of hydrogen-bond acceptors (Lipinski definition) is 8. The monoisotopic (exact) mass is 535 g/mol. The molecule has 6 rings (SSSR count). The summed E-state index contributed by atoms with van der Waals surface area (Å²) in [5.41, 5.74) is 3.45. The molecular weight excluding hydrogens is 505 g/mol. The Bertz CT molecular complexity index is 1490. The summed E-state index contributed by atoms with van der Waals surface area (Å²) in [4.78, 5) is 18.4. The van der Waals surface area contributed by atoms with E-state index in [0.29, 0.717) is 43.6 Å². The van der Waals surface area contributed by atoms with Gasteiger partial charge in [-0.05, 0) is 42.8 Å². The number of nitro groups is 1. The van der Waals surface area contributed by atoms with Crippen LogP contribution in [0.5, 0.6) is 0 Å². The number of furan rings is 1. The number of hydrogen-bond donors (Lipinski definition) is 0. The van der Waals surface area contributed by atoms with E-state index in [1.165, 1.54) is 17.7 Å². The molecule has 0 aliphatic carbocycles. The van der Waals surface area contributed by atoms with E-state index in [0.717, 1.165) is 16.7 Å². The molecule has 0 radical (unpaired) electrons. The maximum Gasteiger partial charge on any atom is 0.271 e. The van der Waals surface area contributed by atoms with Crippen molar-refractivity contribution >= 4 is 41.4 Å². The minimum Gasteiger partial charge on any atom is -0.459 e. The van der Waals surface area contributed by atoms with Crippen LogP contribution in [-0.2, 0) is 14.7 Å². The van der Waals surface area contributed by atoms with E-state index in [-0.39, 0.29) is 17.1 Å². The SMILES string of the molecule is C[C@@H]1N(C)c2cc3c(cc2C1(C)C)[P@@](=Nc1cccc([N+](=O)[O-])c1)(N1CCOCC1)OC(c1ccco1)=N3. The highest BCUT2D eigenvalue weighted by atomic mass is 31.2. The zero-order valence-electron chi connectivity index (χ0n) is 21.8. The van der Waals surface area contributed by atoms with E-state index >= 15 is 0 Å².